The molecule has 2 atom stereocenters. The number of likely N-dealkylation sites (tertiary alicyclic amines) is 1. The van der Waals surface area contributed by atoms with Gasteiger partial charge < -0.3 is 5.32 Å². The summed E-state index contributed by atoms with van der Waals surface area (Å²) in [5.41, 5.74) is -0.117. The van der Waals surface area contributed by atoms with Gasteiger partial charge in [0.05, 0.1) is 46.3 Å². The van der Waals surface area contributed by atoms with E-state index in [9.17, 15) is 37.6 Å². The number of piperidine rings is 2. The average Bonchev–Trinajstić information content (AvgIpc) is 3.71. The van der Waals surface area contributed by atoms with Crippen molar-refractivity contribution in [2.75, 3.05) is 25.0 Å². The maximum Gasteiger partial charge on any atom is 0.433 e. The van der Waals surface area contributed by atoms with E-state index < -0.39 is 65.4 Å². The number of nitrogens with one attached hydrogen (secondary N) is 2. The van der Waals surface area contributed by atoms with E-state index in [0.29, 0.717) is 40.6 Å². The highest BCUT2D eigenvalue weighted by Crippen LogP contribution is 2.42. The van der Waals surface area contributed by atoms with E-state index in [-0.39, 0.29) is 42.5 Å². The predicted octanol–water partition coefficient (Wildman–Crippen LogP) is 6.06. The number of hydrogen-bond acceptors (Lipinski definition) is 8. The molecule has 3 aliphatic rings. The molecule has 13 nitrogen and oxygen atoms in total. The Bertz CT molecular complexity index is 2560. The maximum atomic E-state index is 15.9. The molecule has 3 fully saturated rings. The maximum absolute atomic E-state index is 15.9. The molecule has 2 aromatic carbocycles. The van der Waals surface area contributed by atoms with Crippen molar-refractivity contribution in [3.05, 3.63) is 87.7 Å². The SMILES string of the molecule is Cn1c(=O)n(C2CCC(=O)NC2=O)c2ccc(C3CCN(C[C@H]4CC[C@H](n5cc6cc(NC(=O)c7cccc(C(F)(F)F)n7)c(C#N)cc6n5)CC4)CC3(F)F)cc21. The second-order valence-electron chi connectivity index (χ2n) is 15.5. The lowest BCUT2D eigenvalue weighted by Crippen LogP contribution is -2.49. The van der Waals surface area contributed by atoms with Crippen LogP contribution in [0.15, 0.2) is 59.5 Å². The lowest BCUT2D eigenvalue weighted by molar-refractivity contribution is -0.141. The first-order valence-electron chi connectivity index (χ1n) is 19.0. The van der Waals surface area contributed by atoms with Crippen LogP contribution in [0.5, 0.6) is 0 Å². The van der Waals surface area contributed by atoms with Crippen LogP contribution in [-0.2, 0) is 22.8 Å². The van der Waals surface area contributed by atoms with E-state index in [4.69, 9.17) is 0 Å². The minimum Gasteiger partial charge on any atom is -0.319 e. The number of hydrogen-bond donors (Lipinski definition) is 2. The number of imide groups is 1. The quantitative estimate of drug-likeness (QED) is 0.148. The summed E-state index contributed by atoms with van der Waals surface area (Å²) in [4.78, 5) is 55.5. The van der Waals surface area contributed by atoms with Crippen molar-refractivity contribution >= 4 is 45.3 Å². The number of aryl methyl sites for hydroxylation is 1. The van der Waals surface area contributed by atoms with Crippen molar-refractivity contribution in [1.82, 2.24) is 34.1 Å². The van der Waals surface area contributed by atoms with Gasteiger partial charge in [0, 0.05) is 31.6 Å². The Hall–Kier alpha value is -5.96. The van der Waals surface area contributed by atoms with E-state index in [2.05, 4.69) is 20.7 Å². The Morgan fingerprint density at radius 1 is 1.02 bits per heavy atom. The Morgan fingerprint density at radius 2 is 1.79 bits per heavy atom. The minimum atomic E-state index is -4.73. The number of fused-ring (bicyclic) bond motifs is 2. The second kappa shape index (κ2) is 14.8. The first kappa shape index (κ1) is 38.9. The van der Waals surface area contributed by atoms with E-state index in [1.165, 1.54) is 22.2 Å². The van der Waals surface area contributed by atoms with Gasteiger partial charge >= 0.3 is 11.9 Å². The lowest BCUT2D eigenvalue weighted by Gasteiger charge is -2.41. The van der Waals surface area contributed by atoms with Gasteiger partial charge in [0.2, 0.25) is 11.8 Å². The molecule has 3 amide bonds. The van der Waals surface area contributed by atoms with Crippen LogP contribution in [0.1, 0.15) is 90.3 Å². The third-order valence-corrected chi connectivity index (χ3v) is 11.7. The number of rotatable bonds is 7. The van der Waals surface area contributed by atoms with E-state index in [0.717, 1.165) is 43.9 Å². The zero-order valence-corrected chi connectivity index (χ0v) is 31.2. The van der Waals surface area contributed by atoms with Gasteiger partial charge in [-0.2, -0.15) is 23.5 Å². The van der Waals surface area contributed by atoms with Gasteiger partial charge in [-0.25, -0.2) is 18.6 Å². The van der Waals surface area contributed by atoms with E-state index in [1.54, 1.807) is 30.5 Å². The highest BCUT2D eigenvalue weighted by Gasteiger charge is 2.46. The number of pyridine rings is 1. The summed E-state index contributed by atoms with van der Waals surface area (Å²) in [6.07, 6.45) is 0.634. The molecule has 8 rings (SSSR count). The van der Waals surface area contributed by atoms with Crippen molar-refractivity contribution in [2.24, 2.45) is 13.0 Å². The Kier molecular flexibility index (Phi) is 9.90. The number of carbonyl (C=O) groups excluding carboxylic acids is 3. The van der Waals surface area contributed by atoms with Gasteiger partial charge in [-0.15, -0.1) is 0 Å². The molecular weight excluding hydrogens is 765 g/mol. The van der Waals surface area contributed by atoms with Crippen LogP contribution in [-0.4, -0.2) is 72.1 Å². The van der Waals surface area contributed by atoms with Gasteiger partial charge in [0.1, 0.15) is 23.5 Å². The Morgan fingerprint density at radius 3 is 2.50 bits per heavy atom. The van der Waals surface area contributed by atoms with Crippen LogP contribution in [0.2, 0.25) is 0 Å². The molecule has 5 aromatic rings. The number of halogens is 5. The number of benzene rings is 2. The summed E-state index contributed by atoms with van der Waals surface area (Å²) < 4.78 is 75.7. The van der Waals surface area contributed by atoms with Gasteiger partial charge in [-0.05, 0) is 92.9 Å². The van der Waals surface area contributed by atoms with Gasteiger partial charge in [0.15, 0.2) is 0 Å². The van der Waals surface area contributed by atoms with Crippen molar-refractivity contribution in [1.29, 1.82) is 5.26 Å². The average molecular weight is 804 g/mol. The minimum absolute atomic E-state index is 0.0180. The number of alkyl halides is 5. The molecule has 0 radical (unpaired) electrons. The molecule has 2 unspecified atom stereocenters. The molecular formula is C40H38F5N9O4. The molecule has 58 heavy (non-hydrogen) atoms. The number of carbonyl (C=O) groups is 3. The number of nitrogens with zero attached hydrogens (tertiary/aromatic N) is 7. The van der Waals surface area contributed by atoms with Crippen LogP contribution in [0.3, 0.4) is 0 Å². The van der Waals surface area contributed by atoms with Gasteiger partial charge in [0.25, 0.3) is 11.8 Å². The molecule has 0 spiro atoms. The molecule has 1 saturated carbocycles. The Labute approximate surface area is 327 Å². The fourth-order valence-corrected chi connectivity index (χ4v) is 8.74. The molecule has 1 aliphatic carbocycles. The first-order valence-corrected chi connectivity index (χ1v) is 19.0. The van der Waals surface area contributed by atoms with E-state index in [1.807, 2.05) is 15.7 Å². The van der Waals surface area contributed by atoms with Crippen LogP contribution in [0, 0.1) is 17.2 Å². The number of amides is 3. The van der Waals surface area contributed by atoms with Crippen molar-refractivity contribution in [2.45, 2.75) is 75.0 Å². The monoisotopic (exact) mass is 803 g/mol. The smallest absolute Gasteiger partial charge is 0.319 e. The zero-order valence-electron chi connectivity index (χ0n) is 31.2. The molecule has 5 heterocycles. The predicted molar refractivity (Wildman–Crippen MR) is 200 cm³/mol. The molecule has 0 bridgehead atoms. The molecule has 2 aliphatic heterocycles. The number of imidazole rings is 1. The Balaban J connectivity index is 0.891. The number of nitriles is 1. The summed E-state index contributed by atoms with van der Waals surface area (Å²) in [5.74, 6) is -5.76. The third-order valence-electron chi connectivity index (χ3n) is 11.7. The highest BCUT2D eigenvalue weighted by atomic mass is 19.4. The van der Waals surface area contributed by atoms with Crippen LogP contribution >= 0.6 is 0 Å². The normalized spacial score (nSPS) is 22.8. The van der Waals surface area contributed by atoms with Gasteiger partial charge in [-0.3, -0.25) is 38.4 Å². The molecule has 3 aromatic heterocycles. The summed E-state index contributed by atoms with van der Waals surface area (Å²) in [6.45, 7) is 0.594. The summed E-state index contributed by atoms with van der Waals surface area (Å²) >= 11 is 0. The van der Waals surface area contributed by atoms with Crippen molar-refractivity contribution in [3.63, 3.8) is 0 Å². The standard InChI is InChI=1S/C40H38F5N9O4/c1-51-33-17-23(7-10-31(33)54(38(51)58)32-11-12-35(55)49-37(32)57)27-13-14-52(21-39(27,41)42)19-22-5-8-26(9-6-22)53-20-25-16-29(24(18-46)15-30(25)50-53)48-36(56)28-3-2-4-34(47-28)40(43,44)45/h2-4,7,10,15-17,20,22,26-27,32H,5-6,8-9,11-14,19,21H2,1H3,(H,48,56)(H,49,55,57)/t22-,26-,27?,32?. The van der Waals surface area contributed by atoms with Crippen LogP contribution in [0.4, 0.5) is 27.6 Å². The second-order valence-corrected chi connectivity index (χ2v) is 15.5. The number of aromatic nitrogens is 5. The highest BCUT2D eigenvalue weighted by molar-refractivity contribution is 6.05. The molecule has 18 heteroatoms. The lowest BCUT2D eigenvalue weighted by atomic mass is 9.83. The zero-order chi connectivity index (χ0) is 41.1. The number of anilines is 1. The molecule has 2 N–H and O–H groups in total. The van der Waals surface area contributed by atoms with Gasteiger partial charge in [-0.1, -0.05) is 12.1 Å². The molecule has 302 valence electrons. The van der Waals surface area contributed by atoms with Crippen molar-refractivity contribution in [3.8, 4) is 6.07 Å². The third kappa shape index (κ3) is 7.34. The summed E-state index contributed by atoms with van der Waals surface area (Å²) in [6, 6.07) is 12.0. The van der Waals surface area contributed by atoms with Crippen LogP contribution in [0.25, 0.3) is 21.9 Å². The fraction of sp³-hybridized carbons (Fsp3) is 0.425. The first-order chi connectivity index (χ1) is 27.6. The largest absolute Gasteiger partial charge is 0.433 e. The molecule has 2 saturated heterocycles. The summed E-state index contributed by atoms with van der Waals surface area (Å²) in [5, 5.41) is 19.8. The van der Waals surface area contributed by atoms with Crippen LogP contribution < -0.4 is 16.3 Å². The fourth-order valence-electron chi connectivity index (χ4n) is 8.74. The summed E-state index contributed by atoms with van der Waals surface area (Å²) in [7, 11) is 1.54. The van der Waals surface area contributed by atoms with Crippen molar-refractivity contribution < 1.29 is 36.3 Å². The topological polar surface area (TPSA) is 160 Å². The van der Waals surface area contributed by atoms with E-state index >= 15 is 8.78 Å².